The first kappa shape index (κ1) is 23.8. The van der Waals surface area contributed by atoms with Crippen molar-refractivity contribution in [1.29, 1.82) is 0 Å². The van der Waals surface area contributed by atoms with Crippen molar-refractivity contribution in [1.82, 2.24) is 19.9 Å². The molecule has 0 radical (unpaired) electrons. The SMILES string of the molecule is CNCC(O)COc1cc(Cl)cc(-c2cc(N(C)C3CCOC3)n3ncc(C(C)C)c3n2)c1. The zero-order valence-corrected chi connectivity index (χ0v) is 20.3. The standard InChI is InChI=1S/C24H32ClN5O3/c1-15(2)21-12-27-30-23(29(4)18-5-6-32-13-18)10-22(28-24(21)30)16-7-17(25)9-20(8-16)33-14-19(31)11-26-3/h7-10,12,15,18-19,26,31H,5-6,11,13-14H2,1-4H3. The fraction of sp³-hybridized carbons (Fsp3) is 0.500. The highest BCUT2D eigenvalue weighted by Gasteiger charge is 2.25. The van der Waals surface area contributed by atoms with E-state index in [1.54, 1.807) is 13.1 Å². The van der Waals surface area contributed by atoms with Crippen LogP contribution < -0.4 is 15.0 Å². The Kier molecular flexibility index (Phi) is 7.38. The van der Waals surface area contributed by atoms with Gasteiger partial charge in [-0.25, -0.2) is 4.98 Å². The molecule has 3 aromatic rings. The topological polar surface area (TPSA) is 84.1 Å². The second-order valence-electron chi connectivity index (χ2n) is 8.82. The Morgan fingerprint density at radius 2 is 2.15 bits per heavy atom. The smallest absolute Gasteiger partial charge is 0.161 e. The molecule has 178 valence electrons. The monoisotopic (exact) mass is 473 g/mol. The van der Waals surface area contributed by atoms with Crippen LogP contribution in [-0.2, 0) is 4.74 Å². The molecule has 2 aromatic heterocycles. The molecule has 0 saturated carbocycles. The van der Waals surface area contributed by atoms with Crippen LogP contribution in [0.2, 0.25) is 5.02 Å². The summed E-state index contributed by atoms with van der Waals surface area (Å²) in [4.78, 5) is 7.19. The van der Waals surface area contributed by atoms with Gasteiger partial charge in [0.15, 0.2) is 5.65 Å². The van der Waals surface area contributed by atoms with E-state index < -0.39 is 6.10 Å². The predicted molar refractivity (Wildman–Crippen MR) is 131 cm³/mol. The van der Waals surface area contributed by atoms with Crippen molar-refractivity contribution >= 4 is 23.1 Å². The second-order valence-corrected chi connectivity index (χ2v) is 9.25. The Bertz CT molecular complexity index is 1100. The van der Waals surface area contributed by atoms with E-state index in [2.05, 4.69) is 36.2 Å². The molecular weight excluding hydrogens is 442 g/mol. The molecule has 2 N–H and O–H groups in total. The molecule has 9 heteroatoms. The van der Waals surface area contributed by atoms with Crippen molar-refractivity contribution in [3.8, 4) is 17.0 Å². The third-order valence-corrected chi connectivity index (χ3v) is 6.18. The third-order valence-electron chi connectivity index (χ3n) is 5.97. The number of nitrogens with zero attached hydrogens (tertiary/aromatic N) is 4. The van der Waals surface area contributed by atoms with Crippen molar-refractivity contribution in [3.05, 3.63) is 41.0 Å². The maximum Gasteiger partial charge on any atom is 0.161 e. The van der Waals surface area contributed by atoms with Gasteiger partial charge >= 0.3 is 0 Å². The summed E-state index contributed by atoms with van der Waals surface area (Å²) in [5.41, 5.74) is 3.54. The lowest BCUT2D eigenvalue weighted by Crippen LogP contribution is -2.33. The molecular formula is C24H32ClN5O3. The quantitative estimate of drug-likeness (QED) is 0.493. The van der Waals surface area contributed by atoms with Crippen molar-refractivity contribution in [3.63, 3.8) is 0 Å². The number of hydrogen-bond donors (Lipinski definition) is 2. The molecule has 3 heterocycles. The van der Waals surface area contributed by atoms with Gasteiger partial charge in [-0.15, -0.1) is 0 Å². The van der Waals surface area contributed by atoms with Crippen molar-refractivity contribution in [2.24, 2.45) is 0 Å². The van der Waals surface area contributed by atoms with E-state index in [0.29, 0.717) is 23.9 Å². The van der Waals surface area contributed by atoms with E-state index in [4.69, 9.17) is 26.1 Å². The van der Waals surface area contributed by atoms with Crippen LogP contribution in [-0.4, -0.2) is 72.3 Å². The van der Waals surface area contributed by atoms with Gasteiger partial charge < -0.3 is 24.8 Å². The summed E-state index contributed by atoms with van der Waals surface area (Å²) in [6.45, 7) is 6.36. The number of rotatable bonds is 9. The van der Waals surface area contributed by atoms with Crippen LogP contribution in [0.5, 0.6) is 5.75 Å². The third kappa shape index (κ3) is 5.24. The molecule has 1 aliphatic heterocycles. The van der Waals surface area contributed by atoms with Gasteiger partial charge in [0.2, 0.25) is 0 Å². The first-order chi connectivity index (χ1) is 15.9. The number of halogens is 1. The first-order valence-electron chi connectivity index (χ1n) is 11.3. The Balaban J connectivity index is 1.76. The van der Waals surface area contributed by atoms with Crippen LogP contribution in [0.4, 0.5) is 5.82 Å². The lowest BCUT2D eigenvalue weighted by Gasteiger charge is -2.26. The van der Waals surface area contributed by atoms with Gasteiger partial charge in [0, 0.05) is 42.4 Å². The molecule has 0 aliphatic carbocycles. The number of anilines is 1. The highest BCUT2D eigenvalue weighted by Crippen LogP contribution is 2.33. The Hall–Kier alpha value is -2.39. The molecule has 33 heavy (non-hydrogen) atoms. The van der Waals surface area contributed by atoms with Crippen molar-refractivity contribution < 1.29 is 14.6 Å². The number of benzene rings is 1. The van der Waals surface area contributed by atoms with Gasteiger partial charge in [0.25, 0.3) is 0 Å². The second kappa shape index (κ2) is 10.3. The van der Waals surface area contributed by atoms with Gasteiger partial charge in [0.05, 0.1) is 24.5 Å². The average molecular weight is 474 g/mol. The van der Waals surface area contributed by atoms with Gasteiger partial charge in [-0.05, 0) is 37.6 Å². The van der Waals surface area contributed by atoms with Crippen LogP contribution in [0.15, 0.2) is 30.5 Å². The van der Waals surface area contributed by atoms with Crippen molar-refractivity contribution in [2.45, 2.75) is 38.3 Å². The van der Waals surface area contributed by atoms with Crippen LogP contribution in [0.25, 0.3) is 16.9 Å². The molecule has 0 spiro atoms. The molecule has 1 aromatic carbocycles. The average Bonchev–Trinajstić information content (AvgIpc) is 3.46. The number of aliphatic hydroxyl groups excluding tert-OH is 1. The summed E-state index contributed by atoms with van der Waals surface area (Å²) in [5, 5.41) is 18.1. The zero-order chi connectivity index (χ0) is 23.5. The molecule has 1 fully saturated rings. The lowest BCUT2D eigenvalue weighted by molar-refractivity contribution is 0.108. The van der Waals surface area contributed by atoms with Crippen molar-refractivity contribution in [2.75, 3.05) is 45.4 Å². The fourth-order valence-corrected chi connectivity index (χ4v) is 4.29. The van der Waals surface area contributed by atoms with Gasteiger partial charge in [-0.1, -0.05) is 25.4 Å². The minimum atomic E-state index is -0.610. The van der Waals surface area contributed by atoms with Gasteiger partial charge in [0.1, 0.15) is 24.3 Å². The maximum atomic E-state index is 9.99. The van der Waals surface area contributed by atoms with Crippen LogP contribution >= 0.6 is 11.6 Å². The van der Waals surface area contributed by atoms with Crippen LogP contribution in [0.1, 0.15) is 31.7 Å². The number of likely N-dealkylation sites (N-methyl/N-ethyl adjacent to an activating group) is 2. The highest BCUT2D eigenvalue weighted by atomic mass is 35.5. The number of aliphatic hydroxyl groups is 1. The summed E-state index contributed by atoms with van der Waals surface area (Å²) in [5.74, 6) is 1.82. The van der Waals surface area contributed by atoms with E-state index in [1.165, 1.54) is 0 Å². The number of fused-ring (bicyclic) bond motifs is 1. The largest absolute Gasteiger partial charge is 0.491 e. The zero-order valence-electron chi connectivity index (χ0n) is 19.6. The Morgan fingerprint density at radius 3 is 2.85 bits per heavy atom. The molecule has 0 amide bonds. The molecule has 2 atom stereocenters. The van der Waals surface area contributed by atoms with E-state index in [1.807, 2.05) is 28.9 Å². The highest BCUT2D eigenvalue weighted by molar-refractivity contribution is 6.31. The van der Waals surface area contributed by atoms with Crippen LogP contribution in [0.3, 0.4) is 0 Å². The fourth-order valence-electron chi connectivity index (χ4n) is 4.07. The van der Waals surface area contributed by atoms with Crippen LogP contribution in [0, 0.1) is 0 Å². The molecule has 2 unspecified atom stereocenters. The number of ether oxygens (including phenoxy) is 2. The number of nitrogens with one attached hydrogen (secondary N) is 1. The number of hydrogen-bond acceptors (Lipinski definition) is 7. The normalized spacial score (nSPS) is 17.1. The Labute approximate surface area is 199 Å². The lowest BCUT2D eigenvalue weighted by atomic mass is 10.1. The minimum Gasteiger partial charge on any atom is -0.491 e. The Morgan fingerprint density at radius 1 is 1.33 bits per heavy atom. The minimum absolute atomic E-state index is 0.170. The van der Waals surface area contributed by atoms with Gasteiger partial charge in [-0.3, -0.25) is 0 Å². The van der Waals surface area contributed by atoms with E-state index in [0.717, 1.165) is 41.3 Å². The van der Waals surface area contributed by atoms with Gasteiger partial charge in [-0.2, -0.15) is 9.61 Å². The molecule has 0 bridgehead atoms. The number of aromatic nitrogens is 3. The molecule has 1 saturated heterocycles. The summed E-state index contributed by atoms with van der Waals surface area (Å²) in [6.07, 6.45) is 2.26. The predicted octanol–water partition coefficient (Wildman–Crippen LogP) is 3.36. The maximum absolute atomic E-state index is 9.99. The first-order valence-corrected chi connectivity index (χ1v) is 11.7. The summed E-state index contributed by atoms with van der Waals surface area (Å²) < 4.78 is 13.3. The molecule has 4 rings (SSSR count). The summed E-state index contributed by atoms with van der Waals surface area (Å²) >= 11 is 6.43. The molecule has 1 aliphatic rings. The summed E-state index contributed by atoms with van der Waals surface area (Å²) in [6, 6.07) is 7.85. The summed E-state index contributed by atoms with van der Waals surface area (Å²) in [7, 11) is 3.86. The van der Waals surface area contributed by atoms with E-state index in [-0.39, 0.29) is 18.6 Å². The molecule has 8 nitrogen and oxygen atoms in total. The van der Waals surface area contributed by atoms with E-state index >= 15 is 0 Å². The van der Waals surface area contributed by atoms with E-state index in [9.17, 15) is 5.11 Å².